The van der Waals surface area contributed by atoms with Crippen molar-refractivity contribution in [1.29, 1.82) is 0 Å². The third-order valence-corrected chi connectivity index (χ3v) is 2.58. The molecule has 14 heavy (non-hydrogen) atoms. The average Bonchev–Trinajstić information content (AvgIpc) is 2.18. The first-order valence-corrected chi connectivity index (χ1v) is 5.46. The van der Waals surface area contributed by atoms with Crippen LogP contribution in [0.2, 0.25) is 0 Å². The molecule has 3 N–H and O–H groups in total. The van der Waals surface area contributed by atoms with Crippen molar-refractivity contribution in [3.05, 3.63) is 0 Å². The predicted molar refractivity (Wildman–Crippen MR) is 55.1 cm³/mol. The number of aliphatic hydroxyl groups excluding tert-OH is 1. The number of carbonyl (C=O) groups excluding carboxylic acids is 1. The molecule has 1 saturated carbocycles. The Morgan fingerprint density at radius 3 is 2.79 bits per heavy atom. The van der Waals surface area contributed by atoms with Gasteiger partial charge in [-0.1, -0.05) is 19.8 Å². The second-order valence-electron chi connectivity index (χ2n) is 3.86. The average molecular weight is 200 g/mol. The summed E-state index contributed by atoms with van der Waals surface area (Å²) in [5.41, 5.74) is 0. The van der Waals surface area contributed by atoms with E-state index in [1.807, 2.05) is 6.92 Å². The third kappa shape index (κ3) is 3.54. The zero-order chi connectivity index (χ0) is 10.4. The summed E-state index contributed by atoms with van der Waals surface area (Å²) in [5, 5.41) is 15.1. The standard InChI is InChI=1S/C10H20N2O2/c1-2-7-11-10(14)12-8-5-3-4-6-9(8)13/h8-9,13H,2-7H2,1H3,(H2,11,12,14)/t8-,9-/m0/s1. The number of nitrogens with one attached hydrogen (secondary N) is 2. The van der Waals surface area contributed by atoms with Crippen LogP contribution in [0, 0.1) is 0 Å². The molecule has 1 aliphatic rings. The van der Waals surface area contributed by atoms with Crippen LogP contribution < -0.4 is 10.6 Å². The van der Waals surface area contributed by atoms with Crippen molar-refractivity contribution in [2.45, 2.75) is 51.2 Å². The van der Waals surface area contributed by atoms with Crippen molar-refractivity contribution >= 4 is 6.03 Å². The number of carbonyl (C=O) groups is 1. The molecule has 0 saturated heterocycles. The lowest BCUT2D eigenvalue weighted by Crippen LogP contribution is -2.49. The molecular weight excluding hydrogens is 180 g/mol. The summed E-state index contributed by atoms with van der Waals surface area (Å²) < 4.78 is 0. The van der Waals surface area contributed by atoms with Gasteiger partial charge in [0.2, 0.25) is 0 Å². The Morgan fingerprint density at radius 1 is 1.43 bits per heavy atom. The van der Waals surface area contributed by atoms with Gasteiger partial charge in [0.15, 0.2) is 0 Å². The van der Waals surface area contributed by atoms with E-state index in [9.17, 15) is 9.90 Å². The van der Waals surface area contributed by atoms with Gasteiger partial charge in [0.1, 0.15) is 0 Å². The second-order valence-corrected chi connectivity index (χ2v) is 3.86. The molecule has 0 aliphatic heterocycles. The van der Waals surface area contributed by atoms with Crippen LogP contribution in [0.1, 0.15) is 39.0 Å². The molecule has 0 aromatic carbocycles. The first kappa shape index (κ1) is 11.3. The van der Waals surface area contributed by atoms with Crippen LogP contribution in [0.15, 0.2) is 0 Å². The molecule has 4 heteroatoms. The summed E-state index contributed by atoms with van der Waals surface area (Å²) in [6.45, 7) is 2.70. The van der Waals surface area contributed by atoms with E-state index in [0.29, 0.717) is 6.54 Å². The fourth-order valence-electron chi connectivity index (χ4n) is 1.74. The highest BCUT2D eigenvalue weighted by Gasteiger charge is 2.23. The Morgan fingerprint density at radius 2 is 2.14 bits per heavy atom. The second kappa shape index (κ2) is 5.86. The maximum absolute atomic E-state index is 11.3. The van der Waals surface area contributed by atoms with Crippen LogP contribution in [-0.2, 0) is 0 Å². The highest BCUT2D eigenvalue weighted by Crippen LogP contribution is 2.17. The van der Waals surface area contributed by atoms with Crippen LogP contribution in [0.25, 0.3) is 0 Å². The lowest BCUT2D eigenvalue weighted by Gasteiger charge is -2.28. The monoisotopic (exact) mass is 200 g/mol. The van der Waals surface area contributed by atoms with Crippen molar-refractivity contribution in [3.63, 3.8) is 0 Å². The third-order valence-electron chi connectivity index (χ3n) is 2.58. The normalized spacial score (nSPS) is 27.0. The molecule has 4 nitrogen and oxygen atoms in total. The van der Waals surface area contributed by atoms with Crippen molar-refractivity contribution in [3.8, 4) is 0 Å². The quantitative estimate of drug-likeness (QED) is 0.636. The molecule has 0 spiro atoms. The maximum Gasteiger partial charge on any atom is 0.315 e. The largest absolute Gasteiger partial charge is 0.391 e. The van der Waals surface area contributed by atoms with Crippen LogP contribution in [-0.4, -0.2) is 29.8 Å². The first-order valence-electron chi connectivity index (χ1n) is 5.46. The van der Waals surface area contributed by atoms with E-state index in [0.717, 1.165) is 32.1 Å². The Bertz CT molecular complexity index is 185. The van der Waals surface area contributed by atoms with Crippen LogP contribution >= 0.6 is 0 Å². The zero-order valence-corrected chi connectivity index (χ0v) is 8.75. The van der Waals surface area contributed by atoms with Gasteiger partial charge < -0.3 is 15.7 Å². The molecule has 0 aromatic rings. The van der Waals surface area contributed by atoms with Crippen LogP contribution in [0.3, 0.4) is 0 Å². The highest BCUT2D eigenvalue weighted by atomic mass is 16.3. The summed E-state index contributed by atoms with van der Waals surface area (Å²) in [7, 11) is 0. The van der Waals surface area contributed by atoms with Crippen molar-refractivity contribution in [2.24, 2.45) is 0 Å². The number of hydrogen-bond donors (Lipinski definition) is 3. The Labute approximate surface area is 85.1 Å². The molecule has 0 aromatic heterocycles. The van der Waals surface area contributed by atoms with Gasteiger partial charge in [-0.3, -0.25) is 0 Å². The number of amides is 2. The lowest BCUT2D eigenvalue weighted by atomic mass is 9.93. The number of aliphatic hydroxyl groups is 1. The number of hydrogen-bond acceptors (Lipinski definition) is 2. The van der Waals surface area contributed by atoms with Crippen molar-refractivity contribution in [1.82, 2.24) is 10.6 Å². The highest BCUT2D eigenvalue weighted by molar-refractivity contribution is 5.74. The van der Waals surface area contributed by atoms with Gasteiger partial charge in [0.05, 0.1) is 12.1 Å². The van der Waals surface area contributed by atoms with Crippen LogP contribution in [0.5, 0.6) is 0 Å². The van der Waals surface area contributed by atoms with E-state index in [4.69, 9.17) is 0 Å². The summed E-state index contributed by atoms with van der Waals surface area (Å²) in [5.74, 6) is 0. The number of rotatable bonds is 3. The summed E-state index contributed by atoms with van der Waals surface area (Å²) in [6, 6.07) is -0.210. The van der Waals surface area contributed by atoms with E-state index in [-0.39, 0.29) is 18.2 Å². The van der Waals surface area contributed by atoms with Gasteiger partial charge >= 0.3 is 6.03 Å². The summed E-state index contributed by atoms with van der Waals surface area (Å²) >= 11 is 0. The minimum absolute atomic E-state index is 0.0550. The molecule has 0 bridgehead atoms. The molecule has 1 aliphatic carbocycles. The summed E-state index contributed by atoms with van der Waals surface area (Å²) in [6.07, 6.45) is 4.42. The Balaban J connectivity index is 2.23. The zero-order valence-electron chi connectivity index (χ0n) is 8.75. The van der Waals surface area contributed by atoms with E-state index < -0.39 is 0 Å². The minimum atomic E-state index is -0.365. The SMILES string of the molecule is CCCNC(=O)N[C@H]1CCCC[C@@H]1O. The van der Waals surface area contributed by atoms with E-state index in [1.165, 1.54) is 0 Å². The van der Waals surface area contributed by atoms with Crippen molar-refractivity contribution in [2.75, 3.05) is 6.54 Å². The first-order chi connectivity index (χ1) is 6.74. The minimum Gasteiger partial charge on any atom is -0.391 e. The van der Waals surface area contributed by atoms with E-state index >= 15 is 0 Å². The van der Waals surface area contributed by atoms with E-state index in [2.05, 4.69) is 10.6 Å². The molecule has 1 rings (SSSR count). The Kier molecular flexibility index (Phi) is 4.73. The smallest absolute Gasteiger partial charge is 0.315 e. The van der Waals surface area contributed by atoms with Crippen molar-refractivity contribution < 1.29 is 9.90 Å². The van der Waals surface area contributed by atoms with Crippen LogP contribution in [0.4, 0.5) is 4.79 Å². The fourth-order valence-corrected chi connectivity index (χ4v) is 1.74. The predicted octanol–water partition coefficient (Wildman–Crippen LogP) is 0.999. The van der Waals surface area contributed by atoms with E-state index in [1.54, 1.807) is 0 Å². The topological polar surface area (TPSA) is 61.4 Å². The molecule has 0 unspecified atom stereocenters. The molecule has 2 amide bonds. The summed E-state index contributed by atoms with van der Waals surface area (Å²) in [4.78, 5) is 11.3. The van der Waals surface area contributed by atoms with Gasteiger partial charge in [-0.05, 0) is 19.3 Å². The van der Waals surface area contributed by atoms with Gasteiger partial charge in [-0.25, -0.2) is 4.79 Å². The molecule has 2 atom stereocenters. The van der Waals surface area contributed by atoms with Gasteiger partial charge in [0.25, 0.3) is 0 Å². The molecule has 82 valence electrons. The molecule has 0 heterocycles. The van der Waals surface area contributed by atoms with Gasteiger partial charge in [0, 0.05) is 6.54 Å². The number of urea groups is 1. The molecule has 0 radical (unpaired) electrons. The maximum atomic E-state index is 11.3. The van der Waals surface area contributed by atoms with Gasteiger partial charge in [-0.15, -0.1) is 0 Å². The van der Waals surface area contributed by atoms with Gasteiger partial charge in [-0.2, -0.15) is 0 Å². The molecule has 1 fully saturated rings. The molecular formula is C10H20N2O2. The fraction of sp³-hybridized carbons (Fsp3) is 0.900. The Hall–Kier alpha value is -0.770. The lowest BCUT2D eigenvalue weighted by molar-refractivity contribution is 0.0943.